The fraction of sp³-hybridized carbons (Fsp3) is 0.538. The number of nitrogens with one attached hydrogen (secondary N) is 1. The lowest BCUT2D eigenvalue weighted by atomic mass is 10.0. The summed E-state index contributed by atoms with van der Waals surface area (Å²) in [5.41, 5.74) is 5.56. The van der Waals surface area contributed by atoms with E-state index >= 15 is 0 Å². The van der Waals surface area contributed by atoms with Gasteiger partial charge in [0.2, 0.25) is 10.0 Å². The number of hydrogen-bond donors (Lipinski definition) is 2. The fourth-order valence-corrected chi connectivity index (χ4v) is 4.88. The minimum absolute atomic E-state index is 0.0884. The molecule has 1 saturated carbocycles. The third kappa shape index (κ3) is 3.05. The van der Waals surface area contributed by atoms with E-state index in [9.17, 15) is 12.8 Å². The zero-order valence-corrected chi connectivity index (χ0v) is 13.7. The molecular weight excluding hydrogens is 347 g/mol. The van der Waals surface area contributed by atoms with Crippen molar-refractivity contribution >= 4 is 26.0 Å². The lowest BCUT2D eigenvalue weighted by molar-refractivity contribution is 0.399. The SMILES string of the molecule is Cc1cc(F)c(Br)cc1S(=O)(=O)NC1(CN)CCCC1. The van der Waals surface area contributed by atoms with Gasteiger partial charge in [-0.3, -0.25) is 0 Å². The van der Waals surface area contributed by atoms with Crippen molar-refractivity contribution in [3.63, 3.8) is 0 Å². The Morgan fingerprint density at radius 3 is 2.55 bits per heavy atom. The Kier molecular flexibility index (Phi) is 4.53. The molecular formula is C13H18BrFN2O2S. The number of nitrogens with two attached hydrogens (primary N) is 1. The van der Waals surface area contributed by atoms with E-state index in [1.807, 2.05) is 0 Å². The second-order valence-corrected chi connectivity index (χ2v) is 7.83. The summed E-state index contributed by atoms with van der Waals surface area (Å²) in [5.74, 6) is -0.476. The van der Waals surface area contributed by atoms with Gasteiger partial charge in [-0.1, -0.05) is 12.8 Å². The minimum Gasteiger partial charge on any atom is -0.329 e. The highest BCUT2D eigenvalue weighted by molar-refractivity contribution is 9.10. The van der Waals surface area contributed by atoms with Crippen LogP contribution in [0, 0.1) is 12.7 Å². The first-order valence-electron chi connectivity index (χ1n) is 6.49. The Hall–Kier alpha value is -0.500. The monoisotopic (exact) mass is 364 g/mol. The molecule has 0 heterocycles. The van der Waals surface area contributed by atoms with Crippen LogP contribution < -0.4 is 10.5 Å². The van der Waals surface area contributed by atoms with Crippen molar-refractivity contribution in [1.29, 1.82) is 0 Å². The van der Waals surface area contributed by atoms with E-state index in [0.29, 0.717) is 5.56 Å². The van der Waals surface area contributed by atoms with Crippen molar-refractivity contribution in [1.82, 2.24) is 4.72 Å². The molecule has 2 rings (SSSR count). The second kappa shape index (κ2) is 5.71. The van der Waals surface area contributed by atoms with E-state index in [1.54, 1.807) is 6.92 Å². The first kappa shape index (κ1) is 15.9. The average Bonchev–Trinajstić information content (AvgIpc) is 2.82. The Labute approximate surface area is 127 Å². The quantitative estimate of drug-likeness (QED) is 0.861. The van der Waals surface area contributed by atoms with Crippen LogP contribution in [0.5, 0.6) is 0 Å². The summed E-state index contributed by atoms with van der Waals surface area (Å²) >= 11 is 3.02. The zero-order valence-electron chi connectivity index (χ0n) is 11.2. The Morgan fingerprint density at radius 2 is 2.00 bits per heavy atom. The molecule has 3 N–H and O–H groups in total. The molecule has 20 heavy (non-hydrogen) atoms. The van der Waals surface area contributed by atoms with Gasteiger partial charge >= 0.3 is 0 Å². The van der Waals surface area contributed by atoms with Crippen molar-refractivity contribution < 1.29 is 12.8 Å². The van der Waals surface area contributed by atoms with Gasteiger partial charge in [0.25, 0.3) is 0 Å². The molecule has 0 amide bonds. The van der Waals surface area contributed by atoms with Crippen LogP contribution in [0.4, 0.5) is 4.39 Å². The molecule has 7 heteroatoms. The van der Waals surface area contributed by atoms with Crippen LogP contribution in [0.3, 0.4) is 0 Å². The number of benzene rings is 1. The minimum atomic E-state index is -3.71. The van der Waals surface area contributed by atoms with E-state index in [1.165, 1.54) is 12.1 Å². The first-order valence-corrected chi connectivity index (χ1v) is 8.77. The summed E-state index contributed by atoms with van der Waals surface area (Å²) < 4.78 is 41.3. The normalized spacial score (nSPS) is 18.4. The molecule has 1 aromatic carbocycles. The van der Waals surface area contributed by atoms with Crippen LogP contribution in [0.25, 0.3) is 0 Å². The van der Waals surface area contributed by atoms with Gasteiger partial charge in [-0.05, 0) is 53.4 Å². The highest BCUT2D eigenvalue weighted by Gasteiger charge is 2.37. The summed E-state index contributed by atoms with van der Waals surface area (Å²) in [7, 11) is -3.71. The molecule has 0 radical (unpaired) electrons. The van der Waals surface area contributed by atoms with Crippen molar-refractivity contribution in [3.05, 3.63) is 28.0 Å². The Balaban J connectivity index is 2.38. The lowest BCUT2D eigenvalue weighted by Crippen LogP contribution is -2.51. The molecule has 112 valence electrons. The van der Waals surface area contributed by atoms with E-state index < -0.39 is 21.4 Å². The van der Waals surface area contributed by atoms with Crippen LogP contribution in [0.1, 0.15) is 31.2 Å². The summed E-state index contributed by atoms with van der Waals surface area (Å²) in [5, 5.41) is 0. The summed E-state index contributed by atoms with van der Waals surface area (Å²) in [6, 6.07) is 2.51. The number of aryl methyl sites for hydroxylation is 1. The van der Waals surface area contributed by atoms with E-state index in [2.05, 4.69) is 20.7 Å². The zero-order chi connectivity index (χ0) is 15.0. The molecule has 0 aliphatic heterocycles. The van der Waals surface area contributed by atoms with Crippen LogP contribution in [-0.4, -0.2) is 20.5 Å². The van der Waals surface area contributed by atoms with E-state index in [0.717, 1.165) is 25.7 Å². The highest BCUT2D eigenvalue weighted by Crippen LogP contribution is 2.31. The maximum atomic E-state index is 13.4. The van der Waals surface area contributed by atoms with Crippen molar-refractivity contribution in [2.75, 3.05) is 6.54 Å². The molecule has 0 aromatic heterocycles. The van der Waals surface area contributed by atoms with Crippen LogP contribution in [0.15, 0.2) is 21.5 Å². The first-order chi connectivity index (χ1) is 9.30. The van der Waals surface area contributed by atoms with Crippen LogP contribution in [-0.2, 0) is 10.0 Å². The molecule has 0 saturated heterocycles. The van der Waals surface area contributed by atoms with Gasteiger partial charge in [-0.15, -0.1) is 0 Å². The summed E-state index contributed by atoms with van der Waals surface area (Å²) in [6.07, 6.45) is 3.41. The largest absolute Gasteiger partial charge is 0.329 e. The highest BCUT2D eigenvalue weighted by atomic mass is 79.9. The second-order valence-electron chi connectivity index (χ2n) is 5.33. The molecule has 4 nitrogen and oxygen atoms in total. The molecule has 0 bridgehead atoms. The predicted molar refractivity (Wildman–Crippen MR) is 79.4 cm³/mol. The van der Waals surface area contributed by atoms with Gasteiger partial charge in [0.15, 0.2) is 0 Å². The maximum Gasteiger partial charge on any atom is 0.241 e. The van der Waals surface area contributed by atoms with E-state index in [4.69, 9.17) is 5.73 Å². The van der Waals surface area contributed by atoms with Gasteiger partial charge < -0.3 is 5.73 Å². The smallest absolute Gasteiger partial charge is 0.241 e. The van der Waals surface area contributed by atoms with Gasteiger partial charge in [-0.2, -0.15) is 0 Å². The lowest BCUT2D eigenvalue weighted by Gasteiger charge is -2.28. The van der Waals surface area contributed by atoms with Crippen molar-refractivity contribution in [2.45, 2.75) is 43.0 Å². The molecule has 1 fully saturated rings. The number of hydrogen-bond acceptors (Lipinski definition) is 3. The number of sulfonamides is 1. The average molecular weight is 365 g/mol. The molecule has 0 unspecified atom stereocenters. The number of halogens is 2. The number of rotatable bonds is 4. The van der Waals surface area contributed by atoms with E-state index in [-0.39, 0.29) is 15.9 Å². The van der Waals surface area contributed by atoms with Crippen molar-refractivity contribution in [2.24, 2.45) is 5.73 Å². The standard InChI is InChI=1S/C13H18BrFN2O2S/c1-9-6-11(15)10(14)7-12(9)20(18,19)17-13(8-16)4-2-3-5-13/h6-7,17H,2-5,8,16H2,1H3. The molecule has 1 aliphatic carbocycles. The molecule has 1 aromatic rings. The summed E-state index contributed by atoms with van der Waals surface area (Å²) in [6.45, 7) is 1.85. The molecule has 0 atom stereocenters. The Bertz CT molecular complexity index is 613. The van der Waals surface area contributed by atoms with Gasteiger partial charge in [0.1, 0.15) is 5.82 Å². The summed E-state index contributed by atoms with van der Waals surface area (Å²) in [4.78, 5) is 0.0884. The van der Waals surface area contributed by atoms with Gasteiger partial charge in [-0.25, -0.2) is 17.5 Å². The topological polar surface area (TPSA) is 72.2 Å². The molecule has 1 aliphatic rings. The van der Waals surface area contributed by atoms with Crippen LogP contribution >= 0.6 is 15.9 Å². The molecule has 0 spiro atoms. The Morgan fingerprint density at radius 1 is 1.40 bits per heavy atom. The third-order valence-corrected chi connectivity index (χ3v) is 6.14. The fourth-order valence-electron chi connectivity index (χ4n) is 2.66. The maximum absolute atomic E-state index is 13.4. The predicted octanol–water partition coefficient (Wildman–Crippen LogP) is 2.45. The van der Waals surface area contributed by atoms with Gasteiger partial charge in [0, 0.05) is 12.1 Å². The third-order valence-electron chi connectivity index (χ3n) is 3.81. The van der Waals surface area contributed by atoms with Gasteiger partial charge in [0.05, 0.1) is 9.37 Å². The van der Waals surface area contributed by atoms with Crippen molar-refractivity contribution in [3.8, 4) is 0 Å². The van der Waals surface area contributed by atoms with Crippen LogP contribution in [0.2, 0.25) is 0 Å².